The molecule has 0 radical (unpaired) electrons. The maximum Gasteiger partial charge on any atom is 0.339 e. The van der Waals surface area contributed by atoms with Crippen LogP contribution in [0.4, 0.5) is 0 Å². The molecule has 0 aromatic rings. The van der Waals surface area contributed by atoms with Crippen molar-refractivity contribution in [3.05, 3.63) is 0 Å². The topological polar surface area (TPSA) is 83.9 Å². The number of esters is 1. The van der Waals surface area contributed by atoms with Crippen LogP contribution in [0, 0.1) is 11.8 Å². The molecular weight excluding hydrogens is 250 g/mol. The lowest BCUT2D eigenvalue weighted by atomic mass is 9.76. The van der Waals surface area contributed by atoms with Crippen LogP contribution in [0.5, 0.6) is 0 Å². The number of fused-ring (bicyclic) bond motifs is 2. The highest BCUT2D eigenvalue weighted by atomic mass is 16.5. The second-order valence-electron chi connectivity index (χ2n) is 5.59. The highest BCUT2D eigenvalue weighted by molar-refractivity contribution is 6.00. The minimum absolute atomic E-state index is 0.148. The molecule has 3 atom stereocenters. The monoisotopic (exact) mass is 269 g/mol. The molecule has 19 heavy (non-hydrogen) atoms. The summed E-state index contributed by atoms with van der Waals surface area (Å²) in [6.45, 7) is 0.925. The Morgan fingerprint density at radius 1 is 1.37 bits per heavy atom. The van der Waals surface area contributed by atoms with Gasteiger partial charge in [-0.25, -0.2) is 4.79 Å². The van der Waals surface area contributed by atoms with E-state index in [0.29, 0.717) is 6.42 Å². The van der Waals surface area contributed by atoms with Gasteiger partial charge in [0.05, 0.1) is 13.7 Å². The van der Waals surface area contributed by atoms with Crippen LogP contribution in [0.3, 0.4) is 0 Å². The molecule has 2 bridgehead atoms. The molecule has 2 fully saturated rings. The fraction of sp³-hybridized carbons (Fsp3) is 0.769. The molecule has 1 saturated carbocycles. The van der Waals surface area contributed by atoms with Gasteiger partial charge in [-0.1, -0.05) is 6.42 Å². The molecule has 1 aliphatic heterocycles. The number of β-amino-alcohol motifs (C(OH)–C–C–N with tert-alkyl or cyclic N) is 1. The van der Waals surface area contributed by atoms with Crippen molar-refractivity contribution in [2.24, 2.45) is 11.8 Å². The number of hydrogen-bond donors (Lipinski definition) is 1. The van der Waals surface area contributed by atoms with Gasteiger partial charge in [0.1, 0.15) is 0 Å². The van der Waals surface area contributed by atoms with Gasteiger partial charge >= 0.3 is 5.97 Å². The van der Waals surface area contributed by atoms with Gasteiger partial charge < -0.3 is 9.84 Å². The van der Waals surface area contributed by atoms with Crippen LogP contribution in [0.2, 0.25) is 0 Å². The Morgan fingerprint density at radius 2 is 1.89 bits per heavy atom. The largest absolute Gasteiger partial charge is 0.467 e. The Morgan fingerprint density at radius 3 is 2.37 bits per heavy atom. The number of carbonyl (C=O) groups is 3. The number of ether oxygens (including phenoxy) is 1. The van der Waals surface area contributed by atoms with Gasteiger partial charge in [-0.15, -0.1) is 0 Å². The predicted octanol–water partition coefficient (Wildman–Crippen LogP) is 0.0856. The second-order valence-corrected chi connectivity index (χ2v) is 5.59. The van der Waals surface area contributed by atoms with E-state index in [2.05, 4.69) is 4.74 Å². The van der Waals surface area contributed by atoms with E-state index in [1.54, 1.807) is 0 Å². The smallest absolute Gasteiger partial charge is 0.339 e. The zero-order chi connectivity index (χ0) is 14.2. The SMILES string of the molecule is COC(=O)C(C)(O)CN1C(=O)C2CCCC(C2)C1=O. The third kappa shape index (κ3) is 2.49. The van der Waals surface area contributed by atoms with Crippen LogP contribution in [0.15, 0.2) is 0 Å². The highest BCUT2D eigenvalue weighted by Gasteiger charge is 2.46. The number of imide groups is 1. The molecule has 0 spiro atoms. The van der Waals surface area contributed by atoms with Crippen LogP contribution in [0.25, 0.3) is 0 Å². The summed E-state index contributed by atoms with van der Waals surface area (Å²) in [6, 6.07) is 0. The fourth-order valence-corrected chi connectivity index (χ4v) is 2.94. The van der Waals surface area contributed by atoms with Crippen LogP contribution < -0.4 is 0 Å². The molecule has 106 valence electrons. The van der Waals surface area contributed by atoms with Crippen molar-refractivity contribution in [2.45, 2.75) is 38.2 Å². The molecule has 0 aromatic heterocycles. The number of nitrogens with zero attached hydrogens (tertiary/aromatic N) is 1. The van der Waals surface area contributed by atoms with Crippen molar-refractivity contribution in [3.8, 4) is 0 Å². The first-order valence-electron chi connectivity index (χ1n) is 6.53. The molecule has 6 nitrogen and oxygen atoms in total. The van der Waals surface area contributed by atoms with Gasteiger partial charge in [0.15, 0.2) is 5.60 Å². The zero-order valence-corrected chi connectivity index (χ0v) is 11.2. The summed E-state index contributed by atoms with van der Waals surface area (Å²) in [7, 11) is 1.16. The molecule has 2 aliphatic rings. The minimum Gasteiger partial charge on any atom is -0.467 e. The molecule has 1 heterocycles. The lowest BCUT2D eigenvalue weighted by molar-refractivity contribution is -0.170. The summed E-state index contributed by atoms with van der Waals surface area (Å²) in [5.74, 6) is -1.69. The van der Waals surface area contributed by atoms with Crippen LogP contribution in [-0.2, 0) is 19.1 Å². The van der Waals surface area contributed by atoms with Crippen LogP contribution >= 0.6 is 0 Å². The number of piperidine rings is 1. The van der Waals surface area contributed by atoms with E-state index in [1.165, 1.54) is 6.92 Å². The number of aliphatic hydroxyl groups is 1. The van der Waals surface area contributed by atoms with Crippen molar-refractivity contribution in [2.75, 3.05) is 13.7 Å². The molecular formula is C13H19NO5. The van der Waals surface area contributed by atoms with E-state index in [9.17, 15) is 19.5 Å². The molecule has 1 saturated heterocycles. The number of carbonyl (C=O) groups excluding carboxylic acids is 3. The number of amides is 2. The van der Waals surface area contributed by atoms with Gasteiger partial charge in [0, 0.05) is 11.8 Å². The Bertz CT molecular complexity index is 395. The molecule has 3 unspecified atom stereocenters. The Balaban J connectivity index is 2.17. The molecule has 0 aromatic carbocycles. The first-order chi connectivity index (χ1) is 8.86. The standard InChI is InChI=1S/C13H19NO5/c1-13(18,12(17)19-2)7-14-10(15)8-4-3-5-9(6-8)11(14)16/h8-9,18H,3-7H2,1-2H3. The van der Waals surface area contributed by atoms with Crippen molar-refractivity contribution in [3.63, 3.8) is 0 Å². The first-order valence-corrected chi connectivity index (χ1v) is 6.53. The van der Waals surface area contributed by atoms with E-state index < -0.39 is 11.6 Å². The summed E-state index contributed by atoms with van der Waals surface area (Å²) in [6.07, 6.45) is 3.04. The van der Waals surface area contributed by atoms with E-state index in [-0.39, 0.29) is 30.2 Å². The molecule has 1 N–H and O–H groups in total. The van der Waals surface area contributed by atoms with E-state index in [0.717, 1.165) is 31.3 Å². The Labute approximate surface area is 111 Å². The minimum atomic E-state index is -1.86. The normalized spacial score (nSPS) is 29.9. The second kappa shape index (κ2) is 4.92. The van der Waals surface area contributed by atoms with Crippen molar-refractivity contribution >= 4 is 17.8 Å². The average molecular weight is 269 g/mol. The number of methoxy groups -OCH3 is 1. The lowest BCUT2D eigenvalue weighted by Gasteiger charge is -2.40. The fourth-order valence-electron chi connectivity index (χ4n) is 2.94. The summed E-state index contributed by atoms with van der Waals surface area (Å²) >= 11 is 0. The maximum absolute atomic E-state index is 12.2. The number of hydrogen-bond acceptors (Lipinski definition) is 5. The third-order valence-electron chi connectivity index (χ3n) is 4.00. The van der Waals surface area contributed by atoms with Crippen molar-refractivity contribution in [1.29, 1.82) is 0 Å². The predicted molar refractivity (Wildman–Crippen MR) is 64.8 cm³/mol. The van der Waals surface area contributed by atoms with Crippen LogP contribution in [0.1, 0.15) is 32.6 Å². The van der Waals surface area contributed by atoms with E-state index in [4.69, 9.17) is 0 Å². The summed E-state index contributed by atoms with van der Waals surface area (Å²) < 4.78 is 4.48. The van der Waals surface area contributed by atoms with E-state index in [1.807, 2.05) is 0 Å². The molecule has 2 amide bonds. The number of rotatable bonds is 3. The quantitative estimate of drug-likeness (QED) is 0.579. The van der Waals surface area contributed by atoms with Gasteiger partial charge in [0.2, 0.25) is 11.8 Å². The number of likely N-dealkylation sites (tertiary alicyclic amines) is 1. The van der Waals surface area contributed by atoms with Gasteiger partial charge in [0.25, 0.3) is 0 Å². The maximum atomic E-state index is 12.2. The highest BCUT2D eigenvalue weighted by Crippen LogP contribution is 2.36. The van der Waals surface area contributed by atoms with Gasteiger partial charge in [-0.2, -0.15) is 0 Å². The van der Waals surface area contributed by atoms with Crippen molar-refractivity contribution in [1.82, 2.24) is 4.90 Å². The Kier molecular flexibility index (Phi) is 3.62. The summed E-state index contributed by atoms with van der Waals surface area (Å²) in [5, 5.41) is 10.0. The van der Waals surface area contributed by atoms with E-state index >= 15 is 0 Å². The average Bonchev–Trinajstić information content (AvgIpc) is 2.41. The molecule has 6 heteroatoms. The lowest BCUT2D eigenvalue weighted by Crippen LogP contribution is -2.57. The summed E-state index contributed by atoms with van der Waals surface area (Å²) in [5.41, 5.74) is -1.86. The summed E-state index contributed by atoms with van der Waals surface area (Å²) in [4.78, 5) is 36.8. The third-order valence-corrected chi connectivity index (χ3v) is 4.00. The van der Waals surface area contributed by atoms with Gasteiger partial charge in [-0.3, -0.25) is 14.5 Å². The molecule has 2 rings (SSSR count). The first kappa shape index (κ1) is 14.0. The van der Waals surface area contributed by atoms with Gasteiger partial charge in [-0.05, 0) is 26.2 Å². The van der Waals surface area contributed by atoms with Crippen LogP contribution in [-0.4, -0.2) is 47.0 Å². The Hall–Kier alpha value is -1.43. The zero-order valence-electron chi connectivity index (χ0n) is 11.2. The molecule has 1 aliphatic carbocycles. The van der Waals surface area contributed by atoms with Crippen molar-refractivity contribution < 1.29 is 24.2 Å².